The molecule has 4 nitrogen and oxygen atoms in total. The third-order valence-electron chi connectivity index (χ3n) is 3.29. The summed E-state index contributed by atoms with van der Waals surface area (Å²) in [7, 11) is -3.29. The van der Waals surface area contributed by atoms with Gasteiger partial charge in [-0.1, -0.05) is 25.0 Å². The molecule has 94 valence electrons. The van der Waals surface area contributed by atoms with Crippen molar-refractivity contribution >= 4 is 21.4 Å². The Hall–Kier alpha value is -1.23. The van der Waals surface area contributed by atoms with E-state index < -0.39 is 10.0 Å². The van der Waals surface area contributed by atoms with Crippen molar-refractivity contribution < 1.29 is 8.42 Å². The second kappa shape index (κ2) is 4.56. The molecule has 0 unspecified atom stereocenters. The number of rotatable bonds is 3. The highest BCUT2D eigenvalue weighted by molar-refractivity contribution is 7.93. The van der Waals surface area contributed by atoms with Crippen LogP contribution in [0.5, 0.6) is 0 Å². The molecule has 2 rings (SSSR count). The van der Waals surface area contributed by atoms with Crippen LogP contribution in [0.2, 0.25) is 0 Å². The van der Waals surface area contributed by atoms with Crippen LogP contribution in [0.25, 0.3) is 0 Å². The summed E-state index contributed by atoms with van der Waals surface area (Å²) >= 11 is 0. The molecule has 1 fully saturated rings. The Morgan fingerprint density at radius 1 is 1.29 bits per heavy atom. The summed E-state index contributed by atoms with van der Waals surface area (Å²) in [5, 5.41) is -0.262. The second-order valence-corrected chi connectivity index (χ2v) is 6.55. The summed E-state index contributed by atoms with van der Waals surface area (Å²) in [5.41, 5.74) is 7.66. The van der Waals surface area contributed by atoms with Gasteiger partial charge in [0.2, 0.25) is 10.0 Å². The van der Waals surface area contributed by atoms with Gasteiger partial charge in [0.15, 0.2) is 0 Å². The minimum absolute atomic E-state index is 0.262. The van der Waals surface area contributed by atoms with Crippen molar-refractivity contribution in [3.63, 3.8) is 0 Å². The average molecular weight is 254 g/mol. The summed E-state index contributed by atoms with van der Waals surface area (Å²) < 4.78 is 26.9. The van der Waals surface area contributed by atoms with Crippen LogP contribution in [0, 0.1) is 6.92 Å². The van der Waals surface area contributed by atoms with E-state index in [4.69, 9.17) is 5.73 Å². The van der Waals surface area contributed by atoms with Gasteiger partial charge < -0.3 is 5.73 Å². The van der Waals surface area contributed by atoms with E-state index in [0.29, 0.717) is 11.4 Å². The molecule has 0 saturated heterocycles. The van der Waals surface area contributed by atoms with Crippen molar-refractivity contribution in [1.82, 2.24) is 0 Å². The molecule has 0 spiro atoms. The van der Waals surface area contributed by atoms with Crippen LogP contribution in [0.3, 0.4) is 0 Å². The van der Waals surface area contributed by atoms with E-state index in [1.165, 1.54) is 0 Å². The molecular weight excluding hydrogens is 236 g/mol. The van der Waals surface area contributed by atoms with Crippen molar-refractivity contribution in [2.45, 2.75) is 37.9 Å². The van der Waals surface area contributed by atoms with E-state index >= 15 is 0 Å². The maximum atomic E-state index is 12.1. The predicted octanol–water partition coefficient (Wildman–Crippen LogP) is 2.26. The van der Waals surface area contributed by atoms with Crippen LogP contribution in [-0.2, 0) is 10.0 Å². The van der Waals surface area contributed by atoms with Crippen LogP contribution in [0.4, 0.5) is 11.4 Å². The number of hydrogen-bond donors (Lipinski definition) is 2. The molecule has 5 heteroatoms. The first-order valence-corrected chi connectivity index (χ1v) is 7.42. The predicted molar refractivity (Wildman–Crippen MR) is 70.4 cm³/mol. The highest BCUT2D eigenvalue weighted by atomic mass is 32.2. The molecule has 0 aliphatic heterocycles. The molecule has 1 aromatic carbocycles. The third kappa shape index (κ3) is 2.54. The van der Waals surface area contributed by atoms with Crippen LogP contribution in [0.15, 0.2) is 18.2 Å². The Morgan fingerprint density at radius 2 is 1.94 bits per heavy atom. The number of hydrogen-bond acceptors (Lipinski definition) is 3. The van der Waals surface area contributed by atoms with Gasteiger partial charge in [-0.2, -0.15) is 0 Å². The molecule has 1 saturated carbocycles. The molecule has 1 aromatic rings. The normalized spacial score (nSPS) is 17.2. The van der Waals surface area contributed by atoms with E-state index in [9.17, 15) is 8.42 Å². The standard InChI is InChI=1S/C12H18N2O2S/c1-9-5-4-8-11(13)12(9)14-17(15,16)10-6-2-3-7-10/h4-5,8,10,14H,2-3,6-7,13H2,1H3. The van der Waals surface area contributed by atoms with E-state index in [2.05, 4.69) is 4.72 Å². The van der Waals surface area contributed by atoms with Crippen LogP contribution >= 0.6 is 0 Å². The monoisotopic (exact) mass is 254 g/mol. The van der Waals surface area contributed by atoms with Gasteiger partial charge in [-0.05, 0) is 31.4 Å². The first-order valence-electron chi connectivity index (χ1n) is 5.87. The summed E-state index contributed by atoms with van der Waals surface area (Å²) in [4.78, 5) is 0. The van der Waals surface area contributed by atoms with E-state index in [-0.39, 0.29) is 5.25 Å². The topological polar surface area (TPSA) is 72.2 Å². The number of nitrogens with one attached hydrogen (secondary N) is 1. The molecule has 0 aromatic heterocycles. The zero-order chi connectivity index (χ0) is 12.5. The van der Waals surface area contributed by atoms with Gasteiger partial charge in [0.1, 0.15) is 0 Å². The van der Waals surface area contributed by atoms with Crippen LogP contribution < -0.4 is 10.5 Å². The summed E-state index contributed by atoms with van der Waals surface area (Å²) in [6, 6.07) is 5.38. The number of anilines is 2. The molecule has 0 bridgehead atoms. The van der Waals surface area contributed by atoms with Crippen molar-refractivity contribution in [2.75, 3.05) is 10.5 Å². The Morgan fingerprint density at radius 3 is 2.53 bits per heavy atom. The molecule has 0 atom stereocenters. The molecule has 3 N–H and O–H groups in total. The smallest absolute Gasteiger partial charge is 0.235 e. The quantitative estimate of drug-likeness (QED) is 0.813. The lowest BCUT2D eigenvalue weighted by atomic mass is 10.2. The average Bonchev–Trinajstić information content (AvgIpc) is 2.77. The zero-order valence-electron chi connectivity index (χ0n) is 9.94. The van der Waals surface area contributed by atoms with Gasteiger partial charge in [-0.25, -0.2) is 8.42 Å². The summed E-state index contributed by atoms with van der Waals surface area (Å²) in [6.45, 7) is 1.85. The maximum Gasteiger partial charge on any atom is 0.235 e. The number of benzene rings is 1. The maximum absolute atomic E-state index is 12.1. The molecule has 17 heavy (non-hydrogen) atoms. The molecule has 0 heterocycles. The third-order valence-corrected chi connectivity index (χ3v) is 5.13. The van der Waals surface area contributed by atoms with Gasteiger partial charge in [0.05, 0.1) is 16.6 Å². The van der Waals surface area contributed by atoms with Gasteiger partial charge >= 0.3 is 0 Å². The summed E-state index contributed by atoms with van der Waals surface area (Å²) in [6.07, 6.45) is 3.49. The Labute approximate surface area is 102 Å². The fraction of sp³-hybridized carbons (Fsp3) is 0.500. The molecule has 0 amide bonds. The van der Waals surface area contributed by atoms with E-state index in [0.717, 1.165) is 31.2 Å². The highest BCUT2D eigenvalue weighted by Crippen LogP contribution is 2.29. The van der Waals surface area contributed by atoms with Crippen molar-refractivity contribution in [1.29, 1.82) is 0 Å². The minimum atomic E-state index is -3.29. The fourth-order valence-electron chi connectivity index (χ4n) is 2.25. The summed E-state index contributed by atoms with van der Waals surface area (Å²) in [5.74, 6) is 0. The molecular formula is C12H18N2O2S. The molecule has 0 radical (unpaired) electrons. The fourth-order valence-corrected chi connectivity index (χ4v) is 3.94. The van der Waals surface area contributed by atoms with Gasteiger partial charge in [-0.3, -0.25) is 4.72 Å². The second-order valence-electron chi connectivity index (χ2n) is 4.59. The Bertz CT molecular complexity index is 485. The lowest BCUT2D eigenvalue weighted by Gasteiger charge is -2.16. The van der Waals surface area contributed by atoms with Gasteiger partial charge in [0.25, 0.3) is 0 Å². The first kappa shape index (κ1) is 12.2. The van der Waals surface area contributed by atoms with Crippen LogP contribution in [0.1, 0.15) is 31.2 Å². The highest BCUT2D eigenvalue weighted by Gasteiger charge is 2.29. The molecule has 1 aliphatic rings. The van der Waals surface area contributed by atoms with E-state index in [1.54, 1.807) is 6.07 Å². The number of nitrogen functional groups attached to an aromatic ring is 1. The van der Waals surface area contributed by atoms with Crippen molar-refractivity contribution in [2.24, 2.45) is 0 Å². The number of sulfonamides is 1. The first-order chi connectivity index (χ1) is 8.00. The van der Waals surface area contributed by atoms with Gasteiger partial charge in [0, 0.05) is 0 Å². The number of aryl methyl sites for hydroxylation is 1. The SMILES string of the molecule is Cc1cccc(N)c1NS(=O)(=O)C1CCCC1. The Balaban J connectivity index is 2.26. The largest absolute Gasteiger partial charge is 0.397 e. The lowest BCUT2D eigenvalue weighted by Crippen LogP contribution is -2.26. The van der Waals surface area contributed by atoms with Gasteiger partial charge in [-0.15, -0.1) is 0 Å². The zero-order valence-corrected chi connectivity index (χ0v) is 10.8. The molecule has 1 aliphatic carbocycles. The minimum Gasteiger partial charge on any atom is -0.397 e. The number of nitrogens with two attached hydrogens (primary N) is 1. The van der Waals surface area contributed by atoms with Crippen molar-refractivity contribution in [3.8, 4) is 0 Å². The van der Waals surface area contributed by atoms with Crippen molar-refractivity contribution in [3.05, 3.63) is 23.8 Å². The Kier molecular flexibility index (Phi) is 3.28. The number of para-hydroxylation sites is 1. The van der Waals surface area contributed by atoms with Crippen LogP contribution in [-0.4, -0.2) is 13.7 Å². The lowest BCUT2D eigenvalue weighted by molar-refractivity contribution is 0.585. The van der Waals surface area contributed by atoms with E-state index in [1.807, 2.05) is 19.1 Å².